The highest BCUT2D eigenvalue weighted by Gasteiger charge is 2.36. The van der Waals surface area contributed by atoms with Crippen molar-refractivity contribution in [3.63, 3.8) is 0 Å². The van der Waals surface area contributed by atoms with E-state index in [2.05, 4.69) is 4.98 Å². The molecule has 1 aromatic carbocycles. The van der Waals surface area contributed by atoms with Crippen LogP contribution in [0.25, 0.3) is 0 Å². The minimum absolute atomic E-state index is 0.107. The van der Waals surface area contributed by atoms with Crippen LogP contribution in [0.4, 0.5) is 5.69 Å². The molecule has 7 nitrogen and oxygen atoms in total. The van der Waals surface area contributed by atoms with Crippen molar-refractivity contribution in [3.05, 3.63) is 53.7 Å². The number of fused-ring (bicyclic) bond motifs is 1. The second-order valence-corrected chi connectivity index (χ2v) is 5.59. The number of carboxylic acid groups (broad SMARTS) is 1. The number of amides is 1. The second kappa shape index (κ2) is 7.31. The van der Waals surface area contributed by atoms with Crippen molar-refractivity contribution in [2.75, 3.05) is 31.8 Å². The fraction of sp³-hybridized carbons (Fsp3) is 0.278. The van der Waals surface area contributed by atoms with E-state index in [1.165, 1.54) is 11.1 Å². The monoisotopic (exact) mass is 342 g/mol. The van der Waals surface area contributed by atoms with Crippen molar-refractivity contribution < 1.29 is 24.2 Å². The minimum atomic E-state index is -0.943. The summed E-state index contributed by atoms with van der Waals surface area (Å²) in [5, 5.41) is 9.41. The Kier molecular flexibility index (Phi) is 4.95. The van der Waals surface area contributed by atoms with Crippen LogP contribution >= 0.6 is 0 Å². The van der Waals surface area contributed by atoms with E-state index >= 15 is 0 Å². The molecule has 25 heavy (non-hydrogen) atoms. The summed E-state index contributed by atoms with van der Waals surface area (Å²) in [7, 11) is 1.57. The fourth-order valence-electron chi connectivity index (χ4n) is 2.82. The topological polar surface area (TPSA) is 89.0 Å². The van der Waals surface area contributed by atoms with Crippen LogP contribution < -0.4 is 9.64 Å². The van der Waals surface area contributed by atoms with Gasteiger partial charge in [0.15, 0.2) is 0 Å². The SMILES string of the molecule is COCCOc1cc(C(=O)N2CC(C(=O)O)c3ccccc32)ccn1. The van der Waals surface area contributed by atoms with Gasteiger partial charge in [-0.25, -0.2) is 4.98 Å². The Morgan fingerprint density at radius 3 is 2.84 bits per heavy atom. The Bertz CT molecular complexity index is 793. The molecule has 2 aromatic rings. The van der Waals surface area contributed by atoms with Gasteiger partial charge in [-0.05, 0) is 17.7 Å². The predicted octanol–water partition coefficient (Wildman–Crippen LogP) is 1.94. The quantitative estimate of drug-likeness (QED) is 0.807. The molecule has 0 fully saturated rings. The number of carbonyl (C=O) groups is 2. The summed E-state index contributed by atoms with van der Waals surface area (Å²) < 4.78 is 10.3. The molecular formula is C18H18N2O5. The highest BCUT2D eigenvalue weighted by atomic mass is 16.5. The molecule has 1 N–H and O–H groups in total. The first-order chi connectivity index (χ1) is 12.1. The molecular weight excluding hydrogens is 324 g/mol. The van der Waals surface area contributed by atoms with Gasteiger partial charge >= 0.3 is 5.97 Å². The minimum Gasteiger partial charge on any atom is -0.481 e. The van der Waals surface area contributed by atoms with Crippen LogP contribution in [0.15, 0.2) is 42.6 Å². The predicted molar refractivity (Wildman–Crippen MR) is 90.1 cm³/mol. The van der Waals surface area contributed by atoms with Gasteiger partial charge in [-0.2, -0.15) is 0 Å². The Morgan fingerprint density at radius 2 is 2.08 bits per heavy atom. The molecule has 0 saturated heterocycles. The molecule has 1 aliphatic rings. The van der Waals surface area contributed by atoms with Crippen LogP contribution in [-0.2, 0) is 9.53 Å². The molecule has 2 heterocycles. The number of ether oxygens (including phenoxy) is 2. The van der Waals surface area contributed by atoms with Crippen molar-refractivity contribution >= 4 is 17.6 Å². The molecule has 7 heteroatoms. The summed E-state index contributed by atoms with van der Waals surface area (Å²) in [5.74, 6) is -1.62. The average molecular weight is 342 g/mol. The molecule has 0 saturated carbocycles. The molecule has 1 unspecified atom stereocenters. The van der Waals surface area contributed by atoms with Crippen molar-refractivity contribution in [2.24, 2.45) is 0 Å². The van der Waals surface area contributed by atoms with E-state index in [4.69, 9.17) is 9.47 Å². The van der Waals surface area contributed by atoms with Gasteiger partial charge in [-0.3, -0.25) is 9.59 Å². The maximum atomic E-state index is 12.9. The van der Waals surface area contributed by atoms with Gasteiger partial charge in [0, 0.05) is 37.2 Å². The molecule has 130 valence electrons. The first kappa shape index (κ1) is 16.9. The zero-order valence-electron chi connectivity index (χ0n) is 13.7. The molecule has 3 rings (SSSR count). The number of rotatable bonds is 6. The highest BCUT2D eigenvalue weighted by Crippen LogP contribution is 2.37. The van der Waals surface area contributed by atoms with Crippen LogP contribution in [0.5, 0.6) is 5.88 Å². The van der Waals surface area contributed by atoms with E-state index < -0.39 is 11.9 Å². The van der Waals surface area contributed by atoms with E-state index in [1.807, 2.05) is 0 Å². The van der Waals surface area contributed by atoms with Gasteiger partial charge in [-0.1, -0.05) is 18.2 Å². The van der Waals surface area contributed by atoms with E-state index in [0.29, 0.717) is 35.9 Å². The number of nitrogens with zero attached hydrogens (tertiary/aromatic N) is 2. The molecule has 0 spiro atoms. The molecule has 0 aliphatic carbocycles. The number of para-hydroxylation sites is 1. The molecule has 1 aromatic heterocycles. The van der Waals surface area contributed by atoms with Crippen molar-refractivity contribution in [1.29, 1.82) is 0 Å². The van der Waals surface area contributed by atoms with Crippen molar-refractivity contribution in [1.82, 2.24) is 4.98 Å². The standard InChI is InChI=1S/C18H18N2O5/c1-24-8-9-25-16-10-12(6-7-19-16)17(21)20-11-14(18(22)23)13-4-2-3-5-15(13)20/h2-7,10,14H,8-9,11H2,1H3,(H,22,23). The first-order valence-electron chi connectivity index (χ1n) is 7.83. The Labute approximate surface area is 144 Å². The lowest BCUT2D eigenvalue weighted by Crippen LogP contribution is -2.31. The summed E-state index contributed by atoms with van der Waals surface area (Å²) in [6, 6.07) is 10.2. The molecule has 0 bridgehead atoms. The maximum absolute atomic E-state index is 12.9. The number of hydrogen-bond donors (Lipinski definition) is 1. The Balaban J connectivity index is 1.84. The second-order valence-electron chi connectivity index (χ2n) is 5.59. The third-order valence-electron chi connectivity index (χ3n) is 4.03. The number of hydrogen-bond acceptors (Lipinski definition) is 5. The zero-order valence-corrected chi connectivity index (χ0v) is 13.7. The number of pyridine rings is 1. The van der Waals surface area contributed by atoms with Crippen molar-refractivity contribution in [2.45, 2.75) is 5.92 Å². The average Bonchev–Trinajstić information content (AvgIpc) is 3.01. The van der Waals surface area contributed by atoms with Crippen LogP contribution in [0.1, 0.15) is 21.8 Å². The summed E-state index contributed by atoms with van der Waals surface area (Å²) >= 11 is 0. The van der Waals surface area contributed by atoms with Crippen LogP contribution in [0.3, 0.4) is 0 Å². The van der Waals surface area contributed by atoms with Crippen molar-refractivity contribution in [3.8, 4) is 5.88 Å². The van der Waals surface area contributed by atoms with Crippen LogP contribution in [0.2, 0.25) is 0 Å². The lowest BCUT2D eigenvalue weighted by molar-refractivity contribution is -0.138. The summed E-state index contributed by atoms with van der Waals surface area (Å²) in [6.07, 6.45) is 1.49. The van der Waals surface area contributed by atoms with Crippen LogP contribution in [0, 0.1) is 0 Å². The number of aromatic nitrogens is 1. The largest absolute Gasteiger partial charge is 0.481 e. The Morgan fingerprint density at radius 1 is 1.28 bits per heavy atom. The summed E-state index contributed by atoms with van der Waals surface area (Å²) in [4.78, 5) is 29.9. The van der Waals surface area contributed by atoms with E-state index in [-0.39, 0.29) is 12.5 Å². The zero-order chi connectivity index (χ0) is 17.8. The third-order valence-corrected chi connectivity index (χ3v) is 4.03. The fourth-order valence-corrected chi connectivity index (χ4v) is 2.82. The molecule has 1 aliphatic heterocycles. The van der Waals surface area contributed by atoms with Gasteiger partial charge in [0.2, 0.25) is 5.88 Å². The smallest absolute Gasteiger partial charge is 0.312 e. The van der Waals surface area contributed by atoms with E-state index in [9.17, 15) is 14.7 Å². The summed E-state index contributed by atoms with van der Waals surface area (Å²) in [6.45, 7) is 0.851. The molecule has 1 atom stereocenters. The highest BCUT2D eigenvalue weighted by molar-refractivity contribution is 6.08. The number of benzene rings is 1. The number of carboxylic acids is 1. The summed E-state index contributed by atoms with van der Waals surface area (Å²) in [5.41, 5.74) is 1.66. The lowest BCUT2D eigenvalue weighted by Gasteiger charge is -2.17. The third kappa shape index (κ3) is 3.46. The van der Waals surface area contributed by atoms with Gasteiger partial charge in [-0.15, -0.1) is 0 Å². The van der Waals surface area contributed by atoms with Gasteiger partial charge in [0.05, 0.1) is 6.61 Å². The number of aliphatic carboxylic acids is 1. The lowest BCUT2D eigenvalue weighted by atomic mass is 10.0. The van der Waals surface area contributed by atoms with Gasteiger partial charge in [0.1, 0.15) is 12.5 Å². The number of anilines is 1. The molecule has 1 amide bonds. The number of carbonyl (C=O) groups excluding carboxylic acids is 1. The maximum Gasteiger partial charge on any atom is 0.312 e. The van der Waals surface area contributed by atoms with Gasteiger partial charge in [0.25, 0.3) is 5.91 Å². The Hall–Kier alpha value is -2.93. The first-order valence-corrected chi connectivity index (χ1v) is 7.83. The normalized spacial score (nSPS) is 15.7. The number of methoxy groups -OCH3 is 1. The van der Waals surface area contributed by atoms with Gasteiger partial charge < -0.3 is 19.5 Å². The van der Waals surface area contributed by atoms with E-state index in [0.717, 1.165) is 0 Å². The van der Waals surface area contributed by atoms with Crippen LogP contribution in [-0.4, -0.2) is 48.8 Å². The molecule has 0 radical (unpaired) electrons. The van der Waals surface area contributed by atoms with E-state index in [1.54, 1.807) is 43.5 Å².